The summed E-state index contributed by atoms with van der Waals surface area (Å²) in [6, 6.07) is 13.1. The minimum Gasteiger partial charge on any atom is -0.361 e. The second-order valence-electron chi connectivity index (χ2n) is 4.56. The van der Waals surface area contributed by atoms with E-state index in [2.05, 4.69) is 15.6 Å². The first-order valence-corrected chi connectivity index (χ1v) is 6.38. The van der Waals surface area contributed by atoms with Crippen molar-refractivity contribution >= 4 is 17.5 Å². The fourth-order valence-corrected chi connectivity index (χ4v) is 1.80. The molecule has 0 radical (unpaired) electrons. The first kappa shape index (κ1) is 13.9. The molecular weight excluding hydrogens is 252 g/mol. The van der Waals surface area contributed by atoms with E-state index in [1.807, 2.05) is 55.4 Å². The van der Waals surface area contributed by atoms with Gasteiger partial charge in [-0.2, -0.15) is 0 Å². The molecule has 2 N–H and O–H groups in total. The Balaban J connectivity index is 1.95. The highest BCUT2D eigenvalue weighted by Crippen LogP contribution is 2.19. The van der Waals surface area contributed by atoms with Gasteiger partial charge in [-0.1, -0.05) is 30.3 Å². The van der Waals surface area contributed by atoms with Crippen LogP contribution in [0.25, 0.3) is 0 Å². The van der Waals surface area contributed by atoms with E-state index in [1.165, 1.54) is 0 Å². The van der Waals surface area contributed by atoms with E-state index < -0.39 is 0 Å². The second-order valence-corrected chi connectivity index (χ2v) is 4.56. The average molecular weight is 270 g/mol. The van der Waals surface area contributed by atoms with Gasteiger partial charge in [0.2, 0.25) is 0 Å². The lowest BCUT2D eigenvalue weighted by molar-refractivity contribution is 0.251. The van der Waals surface area contributed by atoms with Gasteiger partial charge in [0.1, 0.15) is 0 Å². The largest absolute Gasteiger partial charge is 0.361 e. The third-order valence-corrected chi connectivity index (χ3v) is 2.75. The Kier molecular flexibility index (Phi) is 4.55. The number of nitrogens with zero attached hydrogens (tertiary/aromatic N) is 2. The van der Waals surface area contributed by atoms with Gasteiger partial charge in [-0.3, -0.25) is 0 Å². The van der Waals surface area contributed by atoms with E-state index in [4.69, 9.17) is 0 Å². The van der Waals surface area contributed by atoms with Crippen LogP contribution < -0.4 is 15.5 Å². The van der Waals surface area contributed by atoms with Crippen LogP contribution in [0.5, 0.6) is 0 Å². The zero-order chi connectivity index (χ0) is 14.4. The summed E-state index contributed by atoms with van der Waals surface area (Å²) in [4.78, 5) is 18.0. The number of hydrogen-bond acceptors (Lipinski definition) is 3. The van der Waals surface area contributed by atoms with Crippen molar-refractivity contribution in [2.45, 2.75) is 6.54 Å². The van der Waals surface area contributed by atoms with Crippen molar-refractivity contribution in [2.24, 2.45) is 0 Å². The summed E-state index contributed by atoms with van der Waals surface area (Å²) < 4.78 is 0. The monoisotopic (exact) mass is 270 g/mol. The molecule has 1 aromatic heterocycles. The number of urea groups is 1. The molecule has 0 aliphatic carbocycles. The topological polar surface area (TPSA) is 57.3 Å². The molecule has 2 aromatic rings. The molecule has 0 bridgehead atoms. The van der Waals surface area contributed by atoms with Crippen LogP contribution in [0.1, 0.15) is 5.56 Å². The third kappa shape index (κ3) is 3.71. The molecule has 0 fully saturated rings. The van der Waals surface area contributed by atoms with Gasteiger partial charge < -0.3 is 15.5 Å². The number of pyridine rings is 1. The lowest BCUT2D eigenvalue weighted by Crippen LogP contribution is -2.29. The zero-order valence-electron chi connectivity index (χ0n) is 11.6. The third-order valence-electron chi connectivity index (χ3n) is 2.75. The molecule has 5 heteroatoms. The number of nitrogens with one attached hydrogen (secondary N) is 2. The highest BCUT2D eigenvalue weighted by atomic mass is 16.2. The number of amides is 2. The van der Waals surface area contributed by atoms with Crippen LogP contribution in [0.4, 0.5) is 16.3 Å². The van der Waals surface area contributed by atoms with Crippen molar-refractivity contribution in [3.63, 3.8) is 0 Å². The summed E-state index contributed by atoms with van der Waals surface area (Å²) in [7, 11) is 3.77. The summed E-state index contributed by atoms with van der Waals surface area (Å²) in [5.41, 5.74) is 1.74. The fourth-order valence-electron chi connectivity index (χ4n) is 1.80. The van der Waals surface area contributed by atoms with Crippen LogP contribution in [0, 0.1) is 0 Å². The number of benzene rings is 1. The van der Waals surface area contributed by atoms with Crippen LogP contribution in [-0.4, -0.2) is 25.1 Å². The van der Waals surface area contributed by atoms with E-state index in [9.17, 15) is 4.79 Å². The Bertz CT molecular complexity index is 569. The van der Waals surface area contributed by atoms with E-state index in [0.29, 0.717) is 12.2 Å². The van der Waals surface area contributed by atoms with Crippen LogP contribution in [0.3, 0.4) is 0 Å². The average Bonchev–Trinajstić information content (AvgIpc) is 2.46. The minimum absolute atomic E-state index is 0.245. The molecule has 1 aromatic carbocycles. The highest BCUT2D eigenvalue weighted by Gasteiger charge is 2.08. The molecular formula is C15H18N4O. The minimum atomic E-state index is -0.245. The maximum Gasteiger partial charge on any atom is 0.319 e. The molecule has 5 nitrogen and oxygen atoms in total. The van der Waals surface area contributed by atoms with Crippen molar-refractivity contribution in [3.8, 4) is 0 Å². The van der Waals surface area contributed by atoms with Crippen molar-refractivity contribution < 1.29 is 4.79 Å². The van der Waals surface area contributed by atoms with Crippen LogP contribution >= 0.6 is 0 Å². The van der Waals surface area contributed by atoms with E-state index in [0.717, 1.165) is 11.4 Å². The number of hydrogen-bond donors (Lipinski definition) is 2. The molecule has 0 aliphatic heterocycles. The molecule has 104 valence electrons. The summed E-state index contributed by atoms with van der Waals surface area (Å²) in [6.07, 6.45) is 1.70. The van der Waals surface area contributed by atoms with Gasteiger partial charge >= 0.3 is 6.03 Å². The van der Waals surface area contributed by atoms with Gasteiger partial charge in [-0.15, -0.1) is 0 Å². The first-order chi connectivity index (χ1) is 9.66. The molecule has 0 aliphatic rings. The number of carbonyl (C=O) groups excluding carboxylic acids is 1. The zero-order valence-corrected chi connectivity index (χ0v) is 11.6. The van der Waals surface area contributed by atoms with Gasteiger partial charge in [0.05, 0.1) is 5.69 Å². The summed E-state index contributed by atoms with van der Waals surface area (Å²) in [5.74, 6) is 0.724. The Labute approximate surface area is 118 Å². The molecule has 2 rings (SSSR count). The molecule has 0 saturated carbocycles. The maximum atomic E-state index is 11.9. The van der Waals surface area contributed by atoms with Gasteiger partial charge in [-0.05, 0) is 17.7 Å². The normalized spacial score (nSPS) is 9.90. The van der Waals surface area contributed by atoms with E-state index in [1.54, 1.807) is 12.3 Å². The summed E-state index contributed by atoms with van der Waals surface area (Å²) >= 11 is 0. The molecule has 0 saturated heterocycles. The Morgan fingerprint density at radius 2 is 1.90 bits per heavy atom. The lowest BCUT2D eigenvalue weighted by Gasteiger charge is -2.16. The Morgan fingerprint density at radius 1 is 1.15 bits per heavy atom. The van der Waals surface area contributed by atoms with Crippen molar-refractivity contribution in [1.82, 2.24) is 10.3 Å². The fraction of sp³-hybridized carbons (Fsp3) is 0.200. The molecule has 1 heterocycles. The van der Waals surface area contributed by atoms with Crippen LogP contribution in [-0.2, 0) is 6.54 Å². The number of aromatic nitrogens is 1. The highest BCUT2D eigenvalue weighted by molar-refractivity contribution is 5.92. The van der Waals surface area contributed by atoms with Crippen molar-refractivity contribution in [2.75, 3.05) is 24.3 Å². The molecule has 0 atom stereocenters. The predicted molar refractivity (Wildman–Crippen MR) is 80.9 cm³/mol. The van der Waals surface area contributed by atoms with Gasteiger partial charge in [0, 0.05) is 26.8 Å². The molecule has 2 amide bonds. The van der Waals surface area contributed by atoms with Crippen LogP contribution in [0.2, 0.25) is 0 Å². The SMILES string of the molecule is CN(C)c1ncccc1NC(=O)NCc1ccccc1. The smallest absolute Gasteiger partial charge is 0.319 e. The maximum absolute atomic E-state index is 11.9. The lowest BCUT2D eigenvalue weighted by atomic mass is 10.2. The molecule has 0 unspecified atom stereocenters. The van der Waals surface area contributed by atoms with Crippen molar-refractivity contribution in [3.05, 3.63) is 54.2 Å². The Hall–Kier alpha value is -2.56. The molecule has 0 spiro atoms. The second kappa shape index (κ2) is 6.56. The van der Waals surface area contributed by atoms with Crippen LogP contribution in [0.15, 0.2) is 48.7 Å². The first-order valence-electron chi connectivity index (χ1n) is 6.38. The standard InChI is InChI=1S/C15H18N4O/c1-19(2)14-13(9-6-10-16-14)18-15(20)17-11-12-7-4-3-5-8-12/h3-10H,11H2,1-2H3,(H2,17,18,20). The Morgan fingerprint density at radius 3 is 2.60 bits per heavy atom. The number of anilines is 2. The number of carbonyl (C=O) groups is 1. The van der Waals surface area contributed by atoms with E-state index >= 15 is 0 Å². The quantitative estimate of drug-likeness (QED) is 0.897. The van der Waals surface area contributed by atoms with Gasteiger partial charge in [0.15, 0.2) is 5.82 Å². The number of rotatable bonds is 4. The van der Waals surface area contributed by atoms with E-state index in [-0.39, 0.29) is 6.03 Å². The molecule has 20 heavy (non-hydrogen) atoms. The van der Waals surface area contributed by atoms with Gasteiger partial charge in [0.25, 0.3) is 0 Å². The van der Waals surface area contributed by atoms with Crippen molar-refractivity contribution in [1.29, 1.82) is 0 Å². The summed E-state index contributed by atoms with van der Waals surface area (Å²) in [5, 5.41) is 5.63. The van der Waals surface area contributed by atoms with Gasteiger partial charge in [-0.25, -0.2) is 9.78 Å². The summed E-state index contributed by atoms with van der Waals surface area (Å²) in [6.45, 7) is 0.490. The predicted octanol–water partition coefficient (Wildman–Crippen LogP) is 2.47.